The minimum absolute atomic E-state index is 0.0496. The Morgan fingerprint density at radius 3 is 2.15 bits per heavy atom. The molecule has 0 spiro atoms. The summed E-state index contributed by atoms with van der Waals surface area (Å²) >= 11 is 0. The standard InChI is InChI=1S/C17H17FO2/c1-10-5-6-15(16(18)7-10)17(19)20-14-8-11(2)13(4)12(3)9-14/h5-9H,1-4H3. The Morgan fingerprint density at radius 1 is 1.00 bits per heavy atom. The van der Waals surface area contributed by atoms with Gasteiger partial charge in [-0.05, 0) is 74.2 Å². The fourth-order valence-corrected chi connectivity index (χ4v) is 2.00. The molecule has 0 N–H and O–H groups in total. The van der Waals surface area contributed by atoms with Crippen LogP contribution in [0.15, 0.2) is 30.3 Å². The quantitative estimate of drug-likeness (QED) is 0.602. The maximum absolute atomic E-state index is 13.7. The van der Waals surface area contributed by atoms with E-state index in [1.807, 2.05) is 20.8 Å². The zero-order chi connectivity index (χ0) is 14.9. The fourth-order valence-electron chi connectivity index (χ4n) is 2.00. The molecule has 0 fully saturated rings. The van der Waals surface area contributed by atoms with Gasteiger partial charge in [0.25, 0.3) is 0 Å². The van der Waals surface area contributed by atoms with Crippen molar-refractivity contribution < 1.29 is 13.9 Å². The Balaban J connectivity index is 2.28. The maximum atomic E-state index is 13.7. The monoisotopic (exact) mass is 272 g/mol. The van der Waals surface area contributed by atoms with E-state index in [1.165, 1.54) is 12.1 Å². The molecule has 2 rings (SSSR count). The summed E-state index contributed by atoms with van der Waals surface area (Å²) in [6, 6.07) is 8.02. The molecule has 0 bridgehead atoms. The average molecular weight is 272 g/mol. The second-order valence-electron chi connectivity index (χ2n) is 5.05. The third-order valence-corrected chi connectivity index (χ3v) is 3.46. The van der Waals surface area contributed by atoms with Gasteiger partial charge in [-0.15, -0.1) is 0 Å². The van der Waals surface area contributed by atoms with Gasteiger partial charge in [-0.3, -0.25) is 0 Å². The number of carbonyl (C=O) groups is 1. The fraction of sp³-hybridized carbons (Fsp3) is 0.235. The molecule has 0 saturated carbocycles. The van der Waals surface area contributed by atoms with E-state index in [0.29, 0.717) is 5.75 Å². The molecule has 2 aromatic carbocycles. The zero-order valence-electron chi connectivity index (χ0n) is 12.1. The summed E-state index contributed by atoms with van der Waals surface area (Å²) in [5.74, 6) is -0.795. The lowest BCUT2D eigenvalue weighted by Gasteiger charge is -2.10. The third kappa shape index (κ3) is 2.87. The first-order valence-corrected chi connectivity index (χ1v) is 6.44. The van der Waals surface area contributed by atoms with Crippen LogP contribution < -0.4 is 4.74 Å². The first kappa shape index (κ1) is 14.3. The van der Waals surface area contributed by atoms with Crippen molar-refractivity contribution in [1.29, 1.82) is 0 Å². The van der Waals surface area contributed by atoms with E-state index in [4.69, 9.17) is 4.74 Å². The zero-order valence-corrected chi connectivity index (χ0v) is 12.1. The van der Waals surface area contributed by atoms with Crippen LogP contribution in [0.25, 0.3) is 0 Å². The Labute approximate surface area is 118 Å². The number of rotatable bonds is 2. The molecule has 0 saturated heterocycles. The van der Waals surface area contributed by atoms with Crippen molar-refractivity contribution in [3.05, 3.63) is 64.0 Å². The second kappa shape index (κ2) is 5.45. The molecule has 0 aliphatic carbocycles. The molecule has 0 radical (unpaired) electrons. The van der Waals surface area contributed by atoms with Crippen LogP contribution in [0, 0.1) is 33.5 Å². The van der Waals surface area contributed by atoms with Gasteiger partial charge in [0.1, 0.15) is 11.6 Å². The number of aryl methyl sites for hydroxylation is 3. The molecule has 0 unspecified atom stereocenters. The first-order valence-electron chi connectivity index (χ1n) is 6.44. The van der Waals surface area contributed by atoms with Crippen LogP contribution in [0.3, 0.4) is 0 Å². The van der Waals surface area contributed by atoms with Gasteiger partial charge in [-0.2, -0.15) is 0 Å². The van der Waals surface area contributed by atoms with Gasteiger partial charge < -0.3 is 4.74 Å². The topological polar surface area (TPSA) is 26.3 Å². The highest BCUT2D eigenvalue weighted by molar-refractivity contribution is 5.91. The normalized spacial score (nSPS) is 10.4. The van der Waals surface area contributed by atoms with E-state index in [9.17, 15) is 9.18 Å². The Hall–Kier alpha value is -2.16. The molecule has 2 aromatic rings. The second-order valence-corrected chi connectivity index (χ2v) is 5.05. The molecule has 20 heavy (non-hydrogen) atoms. The largest absolute Gasteiger partial charge is 0.423 e. The number of benzene rings is 2. The summed E-state index contributed by atoms with van der Waals surface area (Å²) in [6.07, 6.45) is 0. The minimum Gasteiger partial charge on any atom is -0.423 e. The molecular weight excluding hydrogens is 255 g/mol. The summed E-state index contributed by atoms with van der Waals surface area (Å²) in [4.78, 5) is 12.0. The summed E-state index contributed by atoms with van der Waals surface area (Å²) in [7, 11) is 0. The molecule has 0 aliphatic heterocycles. The van der Waals surface area contributed by atoms with E-state index in [0.717, 1.165) is 22.3 Å². The molecule has 104 valence electrons. The van der Waals surface area contributed by atoms with Crippen molar-refractivity contribution in [3.63, 3.8) is 0 Å². The van der Waals surface area contributed by atoms with Crippen LogP contribution >= 0.6 is 0 Å². The van der Waals surface area contributed by atoms with Gasteiger partial charge >= 0.3 is 5.97 Å². The van der Waals surface area contributed by atoms with Gasteiger partial charge in [0.05, 0.1) is 5.56 Å². The molecule has 0 atom stereocenters. The number of carbonyl (C=O) groups excluding carboxylic acids is 1. The number of halogens is 1. The average Bonchev–Trinajstić information content (AvgIpc) is 2.35. The van der Waals surface area contributed by atoms with Gasteiger partial charge in [0, 0.05) is 0 Å². The van der Waals surface area contributed by atoms with Crippen molar-refractivity contribution in [1.82, 2.24) is 0 Å². The molecule has 3 heteroatoms. The molecule has 0 heterocycles. The first-order chi connectivity index (χ1) is 9.38. The van der Waals surface area contributed by atoms with E-state index >= 15 is 0 Å². The lowest BCUT2D eigenvalue weighted by Crippen LogP contribution is -2.11. The number of hydrogen-bond acceptors (Lipinski definition) is 2. The highest BCUT2D eigenvalue weighted by Gasteiger charge is 2.14. The molecule has 0 amide bonds. The number of ether oxygens (including phenoxy) is 1. The number of hydrogen-bond donors (Lipinski definition) is 0. The van der Waals surface area contributed by atoms with Gasteiger partial charge in [-0.25, -0.2) is 9.18 Å². The van der Waals surface area contributed by atoms with E-state index < -0.39 is 11.8 Å². The molecule has 0 aromatic heterocycles. The summed E-state index contributed by atoms with van der Waals surface area (Å²) in [6.45, 7) is 7.68. The predicted octanol–water partition coefficient (Wildman–Crippen LogP) is 4.28. The summed E-state index contributed by atoms with van der Waals surface area (Å²) < 4.78 is 19.0. The lowest BCUT2D eigenvalue weighted by molar-refractivity contribution is 0.0730. The Kier molecular flexibility index (Phi) is 3.89. The molecule has 2 nitrogen and oxygen atoms in total. The van der Waals surface area contributed by atoms with E-state index in [1.54, 1.807) is 25.1 Å². The lowest BCUT2D eigenvalue weighted by atomic mass is 10.0. The smallest absolute Gasteiger partial charge is 0.346 e. The van der Waals surface area contributed by atoms with Crippen molar-refractivity contribution in [3.8, 4) is 5.75 Å². The SMILES string of the molecule is Cc1ccc(C(=O)Oc2cc(C)c(C)c(C)c2)c(F)c1. The van der Waals surface area contributed by atoms with Crippen LogP contribution in [0.1, 0.15) is 32.6 Å². The highest BCUT2D eigenvalue weighted by Crippen LogP contribution is 2.22. The predicted molar refractivity (Wildman–Crippen MR) is 76.7 cm³/mol. The van der Waals surface area contributed by atoms with Crippen LogP contribution in [0.5, 0.6) is 5.75 Å². The van der Waals surface area contributed by atoms with Crippen molar-refractivity contribution in [2.75, 3.05) is 0 Å². The van der Waals surface area contributed by atoms with Crippen LogP contribution in [-0.4, -0.2) is 5.97 Å². The third-order valence-electron chi connectivity index (χ3n) is 3.46. The van der Waals surface area contributed by atoms with Crippen molar-refractivity contribution in [2.24, 2.45) is 0 Å². The molecule has 0 aliphatic rings. The molecular formula is C17H17FO2. The van der Waals surface area contributed by atoms with Gasteiger partial charge in [0.15, 0.2) is 0 Å². The Morgan fingerprint density at radius 2 is 1.60 bits per heavy atom. The van der Waals surface area contributed by atoms with Crippen LogP contribution in [-0.2, 0) is 0 Å². The summed E-state index contributed by atoms with van der Waals surface area (Å²) in [5, 5.41) is 0. The minimum atomic E-state index is -0.676. The van der Waals surface area contributed by atoms with Gasteiger partial charge in [0.2, 0.25) is 0 Å². The van der Waals surface area contributed by atoms with Crippen molar-refractivity contribution >= 4 is 5.97 Å². The number of esters is 1. The highest BCUT2D eigenvalue weighted by atomic mass is 19.1. The van der Waals surface area contributed by atoms with Crippen LogP contribution in [0.4, 0.5) is 4.39 Å². The van der Waals surface area contributed by atoms with E-state index in [2.05, 4.69) is 0 Å². The summed E-state index contributed by atoms with van der Waals surface area (Å²) in [5.41, 5.74) is 3.95. The Bertz CT molecular complexity index is 652. The van der Waals surface area contributed by atoms with Crippen molar-refractivity contribution in [2.45, 2.75) is 27.7 Å². The maximum Gasteiger partial charge on any atom is 0.346 e. The van der Waals surface area contributed by atoms with E-state index in [-0.39, 0.29) is 5.56 Å². The van der Waals surface area contributed by atoms with Crippen LogP contribution in [0.2, 0.25) is 0 Å². The van der Waals surface area contributed by atoms with Gasteiger partial charge in [-0.1, -0.05) is 6.07 Å².